The van der Waals surface area contributed by atoms with E-state index < -0.39 is 0 Å². The highest BCUT2D eigenvalue weighted by Gasteiger charge is 2.19. The Kier molecular flexibility index (Phi) is 5.46. The quantitative estimate of drug-likeness (QED) is 0.797. The molecule has 1 heterocycles. The zero-order valence-electron chi connectivity index (χ0n) is 10.6. The van der Waals surface area contributed by atoms with Crippen molar-refractivity contribution in [3.8, 4) is 0 Å². The fraction of sp³-hybridized carbons (Fsp3) is 1.00. The van der Waals surface area contributed by atoms with Gasteiger partial charge in [-0.1, -0.05) is 12.8 Å². The van der Waals surface area contributed by atoms with Crippen LogP contribution < -0.4 is 5.32 Å². The van der Waals surface area contributed by atoms with Gasteiger partial charge >= 0.3 is 0 Å². The van der Waals surface area contributed by atoms with Crippen molar-refractivity contribution in [2.45, 2.75) is 49.8 Å². The van der Waals surface area contributed by atoms with Gasteiger partial charge < -0.3 is 10.2 Å². The van der Waals surface area contributed by atoms with Gasteiger partial charge in [-0.3, -0.25) is 0 Å². The molecule has 1 saturated heterocycles. The minimum atomic E-state index is 0.897. The number of nitrogens with zero attached hydrogens (tertiary/aromatic N) is 1. The van der Waals surface area contributed by atoms with Gasteiger partial charge in [0.2, 0.25) is 0 Å². The summed E-state index contributed by atoms with van der Waals surface area (Å²) in [5.41, 5.74) is 0. The summed E-state index contributed by atoms with van der Waals surface area (Å²) in [6.45, 7) is 3.76. The first-order chi connectivity index (χ1) is 7.86. The van der Waals surface area contributed by atoms with Gasteiger partial charge in [0.1, 0.15) is 0 Å². The number of hydrogen-bond acceptors (Lipinski definition) is 3. The van der Waals surface area contributed by atoms with E-state index in [-0.39, 0.29) is 0 Å². The first-order valence-electron chi connectivity index (χ1n) is 6.89. The predicted molar refractivity (Wildman–Crippen MR) is 73.2 cm³/mol. The summed E-state index contributed by atoms with van der Waals surface area (Å²) >= 11 is 2.20. The lowest BCUT2D eigenvalue weighted by atomic mass is 10.2. The summed E-state index contributed by atoms with van der Waals surface area (Å²) in [5.74, 6) is 1.33. The zero-order chi connectivity index (χ0) is 11.2. The van der Waals surface area contributed by atoms with Crippen molar-refractivity contribution in [3.63, 3.8) is 0 Å². The standard InChI is InChI=1S/C13H26N2S/c1-15(12-4-2-3-5-12)10-11-16-13-6-8-14-9-7-13/h12-14H,2-11H2,1H3. The van der Waals surface area contributed by atoms with E-state index in [0.717, 1.165) is 11.3 Å². The molecule has 0 aromatic carbocycles. The van der Waals surface area contributed by atoms with Crippen LogP contribution in [0.3, 0.4) is 0 Å². The van der Waals surface area contributed by atoms with Crippen molar-refractivity contribution >= 4 is 11.8 Å². The molecule has 94 valence electrons. The van der Waals surface area contributed by atoms with Crippen molar-refractivity contribution in [1.29, 1.82) is 0 Å². The van der Waals surface area contributed by atoms with Crippen molar-refractivity contribution in [2.24, 2.45) is 0 Å². The molecule has 1 N–H and O–H groups in total. The third kappa shape index (κ3) is 3.94. The molecule has 0 radical (unpaired) electrons. The fourth-order valence-corrected chi connectivity index (χ4v) is 4.15. The first-order valence-corrected chi connectivity index (χ1v) is 7.93. The van der Waals surface area contributed by atoms with E-state index in [0.29, 0.717) is 0 Å². The second kappa shape index (κ2) is 6.87. The molecule has 1 aliphatic carbocycles. The Morgan fingerprint density at radius 1 is 1.12 bits per heavy atom. The largest absolute Gasteiger partial charge is 0.317 e. The summed E-state index contributed by atoms with van der Waals surface area (Å²) in [7, 11) is 2.32. The SMILES string of the molecule is CN(CCSC1CCNCC1)C1CCCC1. The fourth-order valence-electron chi connectivity index (χ4n) is 2.85. The molecule has 16 heavy (non-hydrogen) atoms. The molecule has 0 amide bonds. The van der Waals surface area contributed by atoms with Gasteiger partial charge in [0.15, 0.2) is 0 Å². The predicted octanol–water partition coefficient (Wildman–Crippen LogP) is 2.35. The normalized spacial score (nSPS) is 24.4. The molecule has 0 aromatic heterocycles. The highest BCUT2D eigenvalue weighted by atomic mass is 32.2. The number of hydrogen-bond donors (Lipinski definition) is 1. The Morgan fingerprint density at radius 3 is 2.50 bits per heavy atom. The average Bonchev–Trinajstić information content (AvgIpc) is 2.84. The summed E-state index contributed by atoms with van der Waals surface area (Å²) in [5, 5.41) is 4.36. The van der Waals surface area contributed by atoms with Crippen LogP contribution in [-0.4, -0.2) is 48.6 Å². The molecule has 0 spiro atoms. The average molecular weight is 242 g/mol. The minimum absolute atomic E-state index is 0.897. The van der Waals surface area contributed by atoms with Crippen molar-refractivity contribution in [1.82, 2.24) is 10.2 Å². The van der Waals surface area contributed by atoms with Crippen LogP contribution >= 0.6 is 11.8 Å². The molecule has 2 fully saturated rings. The molecule has 1 aliphatic heterocycles. The van der Waals surface area contributed by atoms with E-state index in [1.54, 1.807) is 0 Å². The molecule has 2 aliphatic rings. The Balaban J connectivity index is 1.56. The third-order valence-corrected chi connectivity index (χ3v) is 5.39. The van der Waals surface area contributed by atoms with Crippen LogP contribution in [0.4, 0.5) is 0 Å². The van der Waals surface area contributed by atoms with Crippen molar-refractivity contribution in [2.75, 3.05) is 32.4 Å². The molecule has 0 bridgehead atoms. The lowest BCUT2D eigenvalue weighted by Gasteiger charge is -2.26. The van der Waals surface area contributed by atoms with Gasteiger partial charge in [0.25, 0.3) is 0 Å². The Morgan fingerprint density at radius 2 is 1.81 bits per heavy atom. The van der Waals surface area contributed by atoms with Crippen LogP contribution in [0.25, 0.3) is 0 Å². The lowest BCUT2D eigenvalue weighted by Crippen LogP contribution is -2.33. The highest BCUT2D eigenvalue weighted by molar-refractivity contribution is 7.99. The second-order valence-electron chi connectivity index (χ2n) is 5.24. The topological polar surface area (TPSA) is 15.3 Å². The maximum absolute atomic E-state index is 3.43. The van der Waals surface area contributed by atoms with E-state index in [1.807, 2.05) is 0 Å². The molecule has 0 aromatic rings. The summed E-state index contributed by atoms with van der Waals surface area (Å²) in [4.78, 5) is 2.60. The maximum Gasteiger partial charge on any atom is 0.00925 e. The number of rotatable bonds is 5. The van der Waals surface area contributed by atoms with Gasteiger partial charge in [-0.2, -0.15) is 11.8 Å². The summed E-state index contributed by atoms with van der Waals surface area (Å²) in [6, 6.07) is 0.897. The van der Waals surface area contributed by atoms with Gasteiger partial charge in [-0.05, 0) is 45.8 Å². The van der Waals surface area contributed by atoms with Crippen LogP contribution in [0.1, 0.15) is 38.5 Å². The Bertz CT molecular complexity index is 186. The van der Waals surface area contributed by atoms with Gasteiger partial charge in [0.05, 0.1) is 0 Å². The molecular formula is C13H26N2S. The molecule has 2 nitrogen and oxygen atoms in total. The van der Waals surface area contributed by atoms with Gasteiger partial charge in [0, 0.05) is 23.6 Å². The third-order valence-electron chi connectivity index (χ3n) is 4.03. The van der Waals surface area contributed by atoms with Crippen molar-refractivity contribution < 1.29 is 0 Å². The Labute approximate surface area is 105 Å². The first kappa shape index (κ1) is 12.7. The Hall–Kier alpha value is 0.270. The monoisotopic (exact) mass is 242 g/mol. The lowest BCUT2D eigenvalue weighted by molar-refractivity contribution is 0.260. The summed E-state index contributed by atoms with van der Waals surface area (Å²) < 4.78 is 0. The molecule has 3 heteroatoms. The van der Waals surface area contributed by atoms with Crippen LogP contribution in [-0.2, 0) is 0 Å². The second-order valence-corrected chi connectivity index (χ2v) is 6.65. The highest BCUT2D eigenvalue weighted by Crippen LogP contribution is 2.24. The van der Waals surface area contributed by atoms with E-state index in [1.165, 1.54) is 63.9 Å². The molecule has 2 rings (SSSR count). The van der Waals surface area contributed by atoms with E-state index in [9.17, 15) is 0 Å². The minimum Gasteiger partial charge on any atom is -0.317 e. The van der Waals surface area contributed by atoms with E-state index in [4.69, 9.17) is 0 Å². The number of thioether (sulfide) groups is 1. The van der Waals surface area contributed by atoms with Gasteiger partial charge in [-0.15, -0.1) is 0 Å². The molecule has 0 atom stereocenters. The molecular weight excluding hydrogens is 216 g/mol. The van der Waals surface area contributed by atoms with E-state index >= 15 is 0 Å². The summed E-state index contributed by atoms with van der Waals surface area (Å²) in [6.07, 6.45) is 8.53. The van der Waals surface area contributed by atoms with Crippen LogP contribution in [0.5, 0.6) is 0 Å². The molecule has 0 unspecified atom stereocenters. The molecule has 1 saturated carbocycles. The smallest absolute Gasteiger partial charge is 0.00925 e. The van der Waals surface area contributed by atoms with Crippen LogP contribution in [0.2, 0.25) is 0 Å². The zero-order valence-corrected chi connectivity index (χ0v) is 11.4. The number of nitrogens with one attached hydrogen (secondary N) is 1. The maximum atomic E-state index is 3.43. The van der Waals surface area contributed by atoms with Crippen LogP contribution in [0.15, 0.2) is 0 Å². The van der Waals surface area contributed by atoms with Crippen LogP contribution in [0, 0.1) is 0 Å². The van der Waals surface area contributed by atoms with E-state index in [2.05, 4.69) is 29.0 Å². The number of piperidine rings is 1. The van der Waals surface area contributed by atoms with Crippen molar-refractivity contribution in [3.05, 3.63) is 0 Å². The van der Waals surface area contributed by atoms with Gasteiger partial charge in [-0.25, -0.2) is 0 Å².